The Bertz CT molecular complexity index is 1140. The number of hydrogen-bond acceptors (Lipinski definition) is 9. The predicted molar refractivity (Wildman–Crippen MR) is 125 cm³/mol. The fourth-order valence-electron chi connectivity index (χ4n) is 4.55. The van der Waals surface area contributed by atoms with Crippen molar-refractivity contribution in [3.63, 3.8) is 0 Å². The van der Waals surface area contributed by atoms with Crippen LogP contribution in [0, 0.1) is 5.92 Å². The molecule has 2 heterocycles. The van der Waals surface area contributed by atoms with Gasteiger partial charge in [0.1, 0.15) is 23.2 Å². The van der Waals surface area contributed by atoms with Gasteiger partial charge in [0, 0.05) is 25.0 Å². The molecule has 1 saturated heterocycles. The standard InChI is InChI=1S/C24H27ClN2O9/c1-11-8-13(28)9-16(29)24(11)21(30)18-15(33-3)10-14(19(25)20(18)36-24)23(32)27-26-22(31)12(2)35-17-6-4-5-7-34-17/h9-12,17,29H,4-8H2,1-3H3,(H,26,31)(H,27,32)/t11-,12-,17?,24+/m1/s1. The maximum Gasteiger partial charge on any atom is 0.271 e. The van der Waals surface area contributed by atoms with Crippen LogP contribution in [0.3, 0.4) is 0 Å². The lowest BCUT2D eigenvalue weighted by Crippen LogP contribution is -2.51. The van der Waals surface area contributed by atoms with Crippen LogP contribution in [0.15, 0.2) is 17.9 Å². The summed E-state index contributed by atoms with van der Waals surface area (Å²) in [6, 6.07) is 1.23. The van der Waals surface area contributed by atoms with E-state index in [1.165, 1.54) is 20.1 Å². The number of carbonyl (C=O) groups is 4. The molecule has 1 spiro atoms. The second-order valence-electron chi connectivity index (χ2n) is 8.93. The molecule has 0 bridgehead atoms. The van der Waals surface area contributed by atoms with Crippen molar-refractivity contribution in [1.82, 2.24) is 10.9 Å². The Morgan fingerprint density at radius 2 is 2.03 bits per heavy atom. The van der Waals surface area contributed by atoms with Crippen molar-refractivity contribution in [1.29, 1.82) is 0 Å². The van der Waals surface area contributed by atoms with E-state index >= 15 is 0 Å². The molecule has 3 N–H and O–H groups in total. The third-order valence-electron chi connectivity index (χ3n) is 6.52. The maximum absolute atomic E-state index is 13.4. The van der Waals surface area contributed by atoms with Crippen LogP contribution < -0.4 is 20.3 Å². The van der Waals surface area contributed by atoms with E-state index < -0.39 is 47.3 Å². The van der Waals surface area contributed by atoms with Gasteiger partial charge in [0.2, 0.25) is 11.4 Å². The van der Waals surface area contributed by atoms with Gasteiger partial charge in [-0.05, 0) is 32.3 Å². The molecular formula is C24H27ClN2O9. The number of halogens is 1. The fraction of sp³-hybridized carbons (Fsp3) is 0.500. The zero-order valence-corrected chi connectivity index (χ0v) is 20.8. The highest BCUT2D eigenvalue weighted by molar-refractivity contribution is 6.37. The molecule has 0 aromatic heterocycles. The van der Waals surface area contributed by atoms with Crippen LogP contribution in [-0.4, -0.2) is 60.2 Å². The number of hydrazine groups is 1. The van der Waals surface area contributed by atoms with Crippen LogP contribution in [0.25, 0.3) is 0 Å². The summed E-state index contributed by atoms with van der Waals surface area (Å²) in [5.74, 6) is -3.83. The highest BCUT2D eigenvalue weighted by Gasteiger charge is 2.59. The van der Waals surface area contributed by atoms with E-state index in [-0.39, 0.29) is 39.9 Å². The third kappa shape index (κ3) is 4.42. The van der Waals surface area contributed by atoms with Gasteiger partial charge in [0.15, 0.2) is 17.8 Å². The summed E-state index contributed by atoms with van der Waals surface area (Å²) in [7, 11) is 1.29. The monoisotopic (exact) mass is 522 g/mol. The molecule has 194 valence electrons. The Morgan fingerprint density at radius 1 is 1.28 bits per heavy atom. The smallest absolute Gasteiger partial charge is 0.271 e. The van der Waals surface area contributed by atoms with E-state index in [1.807, 2.05) is 0 Å². The maximum atomic E-state index is 13.4. The van der Waals surface area contributed by atoms with Gasteiger partial charge in [-0.1, -0.05) is 18.5 Å². The Kier molecular flexibility index (Phi) is 7.26. The van der Waals surface area contributed by atoms with Crippen LogP contribution in [0.1, 0.15) is 60.2 Å². The van der Waals surface area contributed by atoms with E-state index in [4.69, 9.17) is 30.5 Å². The van der Waals surface area contributed by atoms with Gasteiger partial charge in [0.25, 0.3) is 11.8 Å². The summed E-state index contributed by atoms with van der Waals surface area (Å²) in [5, 5.41) is 10.3. The van der Waals surface area contributed by atoms with Crippen LogP contribution in [0.2, 0.25) is 5.02 Å². The van der Waals surface area contributed by atoms with E-state index in [0.717, 1.165) is 18.9 Å². The summed E-state index contributed by atoms with van der Waals surface area (Å²) < 4.78 is 22.2. The minimum atomic E-state index is -1.86. The Labute approximate surface area is 212 Å². The van der Waals surface area contributed by atoms with Crippen LogP contribution >= 0.6 is 11.6 Å². The average Bonchev–Trinajstić information content (AvgIpc) is 3.17. The molecule has 0 saturated carbocycles. The first kappa shape index (κ1) is 25.9. The molecule has 36 heavy (non-hydrogen) atoms. The highest BCUT2D eigenvalue weighted by atomic mass is 35.5. The van der Waals surface area contributed by atoms with Gasteiger partial charge in [-0.3, -0.25) is 30.0 Å². The lowest BCUT2D eigenvalue weighted by molar-refractivity contribution is -0.189. The topological polar surface area (TPSA) is 149 Å². The van der Waals surface area contributed by atoms with E-state index in [1.54, 1.807) is 6.92 Å². The van der Waals surface area contributed by atoms with Crippen LogP contribution in [0.5, 0.6) is 11.5 Å². The van der Waals surface area contributed by atoms with Crippen molar-refractivity contribution in [2.24, 2.45) is 5.92 Å². The summed E-state index contributed by atoms with van der Waals surface area (Å²) in [6.45, 7) is 3.68. The molecule has 2 amide bonds. The number of ketones is 2. The van der Waals surface area contributed by atoms with Crippen molar-refractivity contribution in [3.05, 3.63) is 34.1 Å². The number of amides is 2. The molecule has 2 aliphatic heterocycles. The first-order valence-corrected chi connectivity index (χ1v) is 11.9. The van der Waals surface area contributed by atoms with Crippen molar-refractivity contribution < 1.29 is 43.2 Å². The number of hydrogen-bond donors (Lipinski definition) is 3. The second kappa shape index (κ2) is 10.1. The van der Waals surface area contributed by atoms with E-state index in [9.17, 15) is 24.3 Å². The quantitative estimate of drug-likeness (QED) is 0.495. The van der Waals surface area contributed by atoms with Crippen molar-refractivity contribution in [2.45, 2.75) is 57.5 Å². The minimum absolute atomic E-state index is 0.0178. The van der Waals surface area contributed by atoms with Gasteiger partial charge in [0.05, 0.1) is 17.7 Å². The molecule has 11 nitrogen and oxygen atoms in total. The minimum Gasteiger partial charge on any atom is -0.507 e. The molecule has 4 atom stereocenters. The lowest BCUT2D eigenvalue weighted by Gasteiger charge is -2.34. The number of aliphatic hydroxyl groups excluding tert-OH is 1. The van der Waals surface area contributed by atoms with E-state index in [2.05, 4.69) is 10.9 Å². The second-order valence-corrected chi connectivity index (χ2v) is 9.31. The fourth-order valence-corrected chi connectivity index (χ4v) is 4.82. The van der Waals surface area contributed by atoms with Gasteiger partial charge in [-0.25, -0.2) is 0 Å². The Morgan fingerprint density at radius 3 is 2.67 bits per heavy atom. The molecular weight excluding hydrogens is 496 g/mol. The molecule has 12 heteroatoms. The number of benzene rings is 1. The van der Waals surface area contributed by atoms with Gasteiger partial charge >= 0.3 is 0 Å². The normalized spacial score (nSPS) is 26.1. The number of methoxy groups -OCH3 is 1. The van der Waals surface area contributed by atoms with Crippen molar-refractivity contribution in [2.75, 3.05) is 13.7 Å². The molecule has 1 unspecified atom stereocenters. The SMILES string of the molecule is COc1cc(C(=O)NNC(=O)[C@@H](C)OC2CCCCO2)c(Cl)c2c1C(=O)[C@@]1(O2)C(O)=CC(=O)C[C@H]1C. The lowest BCUT2D eigenvalue weighted by atomic mass is 9.75. The molecule has 1 aliphatic carbocycles. The highest BCUT2D eigenvalue weighted by Crippen LogP contribution is 2.52. The number of fused-ring (bicyclic) bond motifs is 1. The first-order valence-electron chi connectivity index (χ1n) is 11.6. The first-order chi connectivity index (χ1) is 17.1. The number of aliphatic hydroxyl groups is 1. The molecule has 3 aliphatic rings. The molecule has 1 aromatic carbocycles. The molecule has 4 rings (SSSR count). The Hall–Kier alpha value is -3.15. The van der Waals surface area contributed by atoms with Crippen LogP contribution in [0.4, 0.5) is 0 Å². The average molecular weight is 523 g/mol. The van der Waals surface area contributed by atoms with Crippen molar-refractivity contribution >= 4 is 35.0 Å². The summed E-state index contributed by atoms with van der Waals surface area (Å²) in [4.78, 5) is 50.6. The largest absolute Gasteiger partial charge is 0.507 e. The predicted octanol–water partition coefficient (Wildman–Crippen LogP) is 2.41. The number of carbonyl (C=O) groups excluding carboxylic acids is 4. The van der Waals surface area contributed by atoms with Gasteiger partial charge in [-0.2, -0.15) is 0 Å². The summed E-state index contributed by atoms with van der Waals surface area (Å²) in [6.07, 6.45) is 2.07. The summed E-state index contributed by atoms with van der Waals surface area (Å²) >= 11 is 6.46. The van der Waals surface area contributed by atoms with Crippen molar-refractivity contribution in [3.8, 4) is 11.5 Å². The van der Waals surface area contributed by atoms with E-state index in [0.29, 0.717) is 13.0 Å². The number of allylic oxidation sites excluding steroid dienone is 1. The number of ether oxygens (including phenoxy) is 4. The molecule has 1 fully saturated rings. The Balaban J connectivity index is 1.54. The number of Topliss-reactive ketones (excluding diaryl/α,β-unsaturated/α-hetero) is 1. The zero-order chi connectivity index (χ0) is 26.2. The number of nitrogens with one attached hydrogen (secondary N) is 2. The van der Waals surface area contributed by atoms with Gasteiger partial charge < -0.3 is 24.1 Å². The third-order valence-corrected chi connectivity index (χ3v) is 6.89. The summed E-state index contributed by atoms with van der Waals surface area (Å²) in [5.41, 5.74) is 2.47. The molecule has 0 radical (unpaired) electrons. The molecule has 1 aromatic rings. The van der Waals surface area contributed by atoms with Gasteiger partial charge in [-0.15, -0.1) is 0 Å². The zero-order valence-electron chi connectivity index (χ0n) is 20.0. The van der Waals surface area contributed by atoms with Crippen LogP contribution in [-0.2, 0) is 19.1 Å². The number of rotatable bonds is 5.